The number of rotatable bonds is 4. The molecule has 1 rings (SSSR count). The summed E-state index contributed by atoms with van der Waals surface area (Å²) in [6.45, 7) is -0.881. The zero-order valence-electron chi connectivity index (χ0n) is 13.4. The number of hydrogen-bond acceptors (Lipinski definition) is 1. The first-order valence-corrected chi connectivity index (χ1v) is 4.34. The monoisotopic (exact) mass is 192 g/mol. The van der Waals surface area contributed by atoms with Gasteiger partial charge in [0.25, 0.3) is 0 Å². The standard InChI is InChI=1S/C13H17N/c1-4-10-14(3)12(2)11-13-8-6-5-7-9-13/h1,5-9,12H,10-11H2,2-3H3/t12-/m1/s1/i10D2,11D2,12D. The molecule has 74 valence electrons. The van der Waals surface area contributed by atoms with Gasteiger partial charge < -0.3 is 0 Å². The van der Waals surface area contributed by atoms with Gasteiger partial charge >= 0.3 is 0 Å². The van der Waals surface area contributed by atoms with Gasteiger partial charge in [0, 0.05) is 10.1 Å². The van der Waals surface area contributed by atoms with Gasteiger partial charge in [0.1, 0.15) is 0 Å². The van der Waals surface area contributed by atoms with Crippen LogP contribution in [0, 0.1) is 12.3 Å². The average molecular weight is 192 g/mol. The fourth-order valence-electron chi connectivity index (χ4n) is 0.995. The number of terminal acetylenes is 1. The van der Waals surface area contributed by atoms with Gasteiger partial charge in [0.05, 0.1) is 9.24 Å². The van der Waals surface area contributed by atoms with Crippen LogP contribution in [0.4, 0.5) is 0 Å². The molecule has 0 aliphatic rings. The van der Waals surface area contributed by atoms with E-state index < -0.39 is 18.9 Å². The molecular weight excluding hydrogens is 170 g/mol. The predicted octanol–water partition coefficient (Wildman–Crippen LogP) is 2.18. The summed E-state index contributed by atoms with van der Waals surface area (Å²) in [5, 5.41) is 0. The molecule has 0 spiro atoms. The summed E-state index contributed by atoms with van der Waals surface area (Å²) in [6.07, 6.45) is 3.04. The third-order valence-electron chi connectivity index (χ3n) is 1.83. The maximum absolute atomic E-state index is 8.25. The van der Waals surface area contributed by atoms with Gasteiger partial charge in [0.15, 0.2) is 0 Å². The van der Waals surface area contributed by atoms with E-state index in [0.29, 0.717) is 5.56 Å². The summed E-state index contributed by atoms with van der Waals surface area (Å²) in [7, 11) is 1.31. The molecule has 0 aliphatic heterocycles. The van der Waals surface area contributed by atoms with E-state index >= 15 is 0 Å². The molecule has 0 saturated carbocycles. The van der Waals surface area contributed by atoms with Gasteiger partial charge in [-0.05, 0) is 25.9 Å². The second-order valence-electron chi connectivity index (χ2n) is 2.89. The Bertz CT molecular complexity index is 476. The van der Waals surface area contributed by atoms with Crippen LogP contribution in [0.2, 0.25) is 0 Å². The first-order valence-electron chi connectivity index (χ1n) is 6.84. The average Bonchev–Trinajstić information content (AvgIpc) is 2.38. The first-order chi connectivity index (χ1) is 8.57. The van der Waals surface area contributed by atoms with Gasteiger partial charge in [-0.25, -0.2) is 0 Å². The van der Waals surface area contributed by atoms with E-state index in [0.717, 1.165) is 4.90 Å². The lowest BCUT2D eigenvalue weighted by atomic mass is 10.1. The summed E-state index contributed by atoms with van der Waals surface area (Å²) < 4.78 is 39.9. The van der Waals surface area contributed by atoms with Crippen LogP contribution < -0.4 is 0 Å². The molecular formula is C13H17N. The number of hydrogen-bond donors (Lipinski definition) is 0. The Labute approximate surface area is 93.8 Å². The molecule has 0 bridgehead atoms. The van der Waals surface area contributed by atoms with E-state index in [-0.39, 0.29) is 0 Å². The van der Waals surface area contributed by atoms with Crippen molar-refractivity contribution in [3.8, 4) is 12.3 Å². The van der Waals surface area contributed by atoms with E-state index in [9.17, 15) is 0 Å². The summed E-state index contributed by atoms with van der Waals surface area (Å²) in [4.78, 5) is 0.924. The molecule has 1 aromatic carbocycles. The topological polar surface area (TPSA) is 3.24 Å². The minimum Gasteiger partial charge on any atom is -0.292 e. The van der Waals surface area contributed by atoms with Crippen LogP contribution in [0.5, 0.6) is 0 Å². The maximum Gasteiger partial charge on any atom is 0.0598 e. The second-order valence-corrected chi connectivity index (χ2v) is 2.89. The first kappa shape index (κ1) is 5.58. The van der Waals surface area contributed by atoms with Gasteiger partial charge in [-0.15, -0.1) is 6.42 Å². The molecule has 0 unspecified atom stereocenters. The highest BCUT2D eigenvalue weighted by atomic mass is 15.1. The van der Waals surface area contributed by atoms with Crippen molar-refractivity contribution < 1.29 is 6.85 Å². The Morgan fingerprint density at radius 2 is 2.21 bits per heavy atom. The maximum atomic E-state index is 8.25. The van der Waals surface area contributed by atoms with Crippen LogP contribution >= 0.6 is 0 Å². The zero-order chi connectivity index (χ0) is 14.9. The van der Waals surface area contributed by atoms with Crippen LogP contribution in [-0.2, 0) is 6.37 Å². The normalized spacial score (nSPS) is 22.0. The Balaban J connectivity index is 3.23. The third kappa shape index (κ3) is 3.24. The van der Waals surface area contributed by atoms with Crippen molar-refractivity contribution >= 4 is 0 Å². The molecule has 0 amide bonds. The van der Waals surface area contributed by atoms with E-state index in [2.05, 4.69) is 0 Å². The molecule has 0 saturated heterocycles. The number of likely N-dealkylation sites (N-methyl/N-ethyl adjacent to an activating group) is 1. The van der Waals surface area contributed by atoms with Crippen molar-refractivity contribution in [2.24, 2.45) is 0 Å². The molecule has 1 nitrogen and oxygen atoms in total. The number of benzene rings is 1. The highest BCUT2D eigenvalue weighted by Crippen LogP contribution is 2.06. The van der Waals surface area contributed by atoms with Crippen molar-refractivity contribution in [1.29, 1.82) is 0 Å². The van der Waals surface area contributed by atoms with E-state index in [4.69, 9.17) is 13.3 Å². The quantitative estimate of drug-likeness (QED) is 0.661. The largest absolute Gasteiger partial charge is 0.292 e. The van der Waals surface area contributed by atoms with Gasteiger partial charge in [-0.3, -0.25) is 4.90 Å². The van der Waals surface area contributed by atoms with Crippen molar-refractivity contribution in [2.75, 3.05) is 13.5 Å². The van der Waals surface area contributed by atoms with Crippen molar-refractivity contribution in [2.45, 2.75) is 19.3 Å². The Morgan fingerprint density at radius 1 is 1.57 bits per heavy atom. The molecule has 1 aromatic rings. The van der Waals surface area contributed by atoms with E-state index in [1.807, 2.05) is 5.92 Å². The highest BCUT2D eigenvalue weighted by Gasteiger charge is 2.07. The van der Waals surface area contributed by atoms with Crippen molar-refractivity contribution in [3.63, 3.8) is 0 Å². The van der Waals surface area contributed by atoms with Gasteiger partial charge in [-0.2, -0.15) is 0 Å². The zero-order valence-corrected chi connectivity index (χ0v) is 8.41. The molecule has 0 fully saturated rings. The van der Waals surface area contributed by atoms with Crippen molar-refractivity contribution in [1.82, 2.24) is 4.90 Å². The summed E-state index contributed by atoms with van der Waals surface area (Å²) >= 11 is 0. The van der Waals surface area contributed by atoms with Crippen LogP contribution in [0.25, 0.3) is 0 Å². The van der Waals surface area contributed by atoms with Crippen molar-refractivity contribution in [3.05, 3.63) is 35.9 Å². The fraction of sp³-hybridized carbons (Fsp3) is 0.385. The Hall–Kier alpha value is -1.26. The van der Waals surface area contributed by atoms with Crippen LogP contribution in [-0.4, -0.2) is 24.5 Å². The minimum absolute atomic E-state index is 0.312. The Kier molecular flexibility index (Phi) is 2.18. The van der Waals surface area contributed by atoms with Crippen LogP contribution in [0.15, 0.2) is 30.3 Å². The summed E-state index contributed by atoms with van der Waals surface area (Å²) in [5.41, 5.74) is 0.312. The predicted molar refractivity (Wildman–Crippen MR) is 61.1 cm³/mol. The Morgan fingerprint density at radius 3 is 2.79 bits per heavy atom. The molecule has 0 aliphatic carbocycles. The van der Waals surface area contributed by atoms with Gasteiger partial charge in [0.2, 0.25) is 0 Å². The SMILES string of the molecule is [2H]C([2H])(C#C)N(C)[C@]([2H])(C)C([2H])([2H])c1ccccc1. The lowest BCUT2D eigenvalue weighted by Crippen LogP contribution is -2.31. The molecule has 0 N–H and O–H groups in total. The highest BCUT2D eigenvalue weighted by molar-refractivity contribution is 5.15. The van der Waals surface area contributed by atoms with Crippen LogP contribution in [0.3, 0.4) is 0 Å². The molecule has 0 radical (unpaired) electrons. The van der Waals surface area contributed by atoms with Gasteiger partial charge in [-0.1, -0.05) is 36.3 Å². The third-order valence-corrected chi connectivity index (χ3v) is 1.83. The van der Waals surface area contributed by atoms with E-state index in [1.165, 1.54) is 14.0 Å². The lowest BCUT2D eigenvalue weighted by Gasteiger charge is -2.22. The molecule has 0 aromatic heterocycles. The lowest BCUT2D eigenvalue weighted by molar-refractivity contribution is 0.287. The molecule has 0 heterocycles. The van der Waals surface area contributed by atoms with E-state index in [1.54, 1.807) is 30.3 Å². The smallest absolute Gasteiger partial charge is 0.0598 e. The molecule has 14 heavy (non-hydrogen) atoms. The second kappa shape index (κ2) is 5.47. The summed E-state index contributed by atoms with van der Waals surface area (Å²) in [6, 6.07) is 6.41. The fourth-order valence-corrected chi connectivity index (χ4v) is 0.995. The number of nitrogens with zero attached hydrogens (tertiary/aromatic N) is 1. The summed E-state index contributed by atoms with van der Waals surface area (Å²) in [5.74, 6) is 1.94. The minimum atomic E-state index is -2.20. The molecule has 1 heteroatoms. The molecule has 1 atom stereocenters. The van der Waals surface area contributed by atoms with Crippen LogP contribution in [0.1, 0.15) is 19.3 Å².